The molecule has 0 aliphatic carbocycles. The Morgan fingerprint density at radius 2 is 1.78 bits per heavy atom. The molecule has 1 atom stereocenters. The molecule has 2 rings (SSSR count). The van der Waals surface area contributed by atoms with E-state index in [1.54, 1.807) is 0 Å². The Hall–Kier alpha value is -1.34. The monoisotopic (exact) mass is 241 g/mol. The van der Waals surface area contributed by atoms with Crippen LogP contribution in [0.4, 0.5) is 0 Å². The van der Waals surface area contributed by atoms with Crippen molar-refractivity contribution in [1.82, 2.24) is 5.32 Å². The van der Waals surface area contributed by atoms with Crippen molar-refractivity contribution in [3.8, 4) is 0 Å². The molecule has 1 N–H and O–H groups in total. The molecule has 1 unspecified atom stereocenters. The zero-order valence-corrected chi connectivity index (χ0v) is 11.4. The predicted octanol–water partition coefficient (Wildman–Crippen LogP) is 4.02. The highest BCUT2D eigenvalue weighted by atomic mass is 14.8. The van der Waals surface area contributed by atoms with Crippen LogP contribution in [-0.4, -0.2) is 13.1 Å². The zero-order valence-electron chi connectivity index (χ0n) is 11.4. The van der Waals surface area contributed by atoms with E-state index < -0.39 is 0 Å². The molecule has 1 nitrogen and oxygen atoms in total. The molecule has 0 saturated carbocycles. The van der Waals surface area contributed by atoms with Crippen molar-refractivity contribution in [1.29, 1.82) is 0 Å². The molecule has 18 heavy (non-hydrogen) atoms. The van der Waals surface area contributed by atoms with E-state index in [0.29, 0.717) is 0 Å². The fourth-order valence-electron chi connectivity index (χ4n) is 2.49. The van der Waals surface area contributed by atoms with E-state index >= 15 is 0 Å². The molecule has 0 amide bonds. The third-order valence-corrected chi connectivity index (χ3v) is 3.65. The summed E-state index contributed by atoms with van der Waals surface area (Å²) in [7, 11) is 0. The highest BCUT2D eigenvalue weighted by Gasteiger charge is 2.08. The van der Waals surface area contributed by atoms with Gasteiger partial charge in [0.05, 0.1) is 0 Å². The van der Waals surface area contributed by atoms with Gasteiger partial charge in [0.2, 0.25) is 0 Å². The first-order chi connectivity index (χ1) is 8.85. The number of nitrogens with one attached hydrogen (secondary N) is 1. The summed E-state index contributed by atoms with van der Waals surface area (Å²) in [6.45, 7) is 6.64. The third-order valence-electron chi connectivity index (χ3n) is 3.65. The maximum absolute atomic E-state index is 3.47. The summed E-state index contributed by atoms with van der Waals surface area (Å²) >= 11 is 0. The fourth-order valence-corrected chi connectivity index (χ4v) is 2.49. The van der Waals surface area contributed by atoms with Gasteiger partial charge in [0.25, 0.3) is 0 Å². The van der Waals surface area contributed by atoms with E-state index in [2.05, 4.69) is 61.6 Å². The molecule has 2 aromatic carbocycles. The molecule has 0 saturated heterocycles. The summed E-state index contributed by atoms with van der Waals surface area (Å²) in [4.78, 5) is 0. The van der Waals surface area contributed by atoms with Crippen LogP contribution in [0.3, 0.4) is 0 Å². The maximum atomic E-state index is 3.47. The van der Waals surface area contributed by atoms with Gasteiger partial charge in [-0.15, -0.1) is 0 Å². The normalized spacial score (nSPS) is 12.8. The minimum absolute atomic E-state index is 0.732. The minimum atomic E-state index is 0.732. The molecule has 0 bridgehead atoms. The second kappa shape index (κ2) is 6.55. The highest BCUT2D eigenvalue weighted by molar-refractivity contribution is 5.85. The van der Waals surface area contributed by atoms with Crippen LogP contribution in [0.25, 0.3) is 10.8 Å². The van der Waals surface area contributed by atoms with Crippen LogP contribution in [0.2, 0.25) is 0 Å². The molecule has 96 valence electrons. The van der Waals surface area contributed by atoms with Crippen LogP contribution in [0, 0.1) is 5.92 Å². The first-order valence-electron chi connectivity index (χ1n) is 7.02. The van der Waals surface area contributed by atoms with Crippen molar-refractivity contribution in [3.63, 3.8) is 0 Å². The van der Waals surface area contributed by atoms with Crippen LogP contribution in [0.1, 0.15) is 25.8 Å². The Balaban J connectivity index is 2.19. The molecule has 0 spiro atoms. The van der Waals surface area contributed by atoms with E-state index in [0.717, 1.165) is 19.0 Å². The number of benzene rings is 2. The van der Waals surface area contributed by atoms with Crippen LogP contribution in [0.15, 0.2) is 42.5 Å². The zero-order chi connectivity index (χ0) is 12.8. The lowest BCUT2D eigenvalue weighted by Crippen LogP contribution is -2.23. The first-order valence-corrected chi connectivity index (χ1v) is 7.02. The van der Waals surface area contributed by atoms with Gasteiger partial charge in [-0.1, -0.05) is 62.7 Å². The molecular weight excluding hydrogens is 218 g/mol. The Morgan fingerprint density at radius 3 is 2.56 bits per heavy atom. The average Bonchev–Trinajstić information content (AvgIpc) is 2.43. The van der Waals surface area contributed by atoms with Crippen molar-refractivity contribution in [2.24, 2.45) is 5.92 Å². The third kappa shape index (κ3) is 3.11. The lowest BCUT2D eigenvalue weighted by Gasteiger charge is -2.16. The predicted molar refractivity (Wildman–Crippen MR) is 80.0 cm³/mol. The second-order valence-electron chi connectivity index (χ2n) is 4.92. The van der Waals surface area contributed by atoms with Crippen molar-refractivity contribution < 1.29 is 0 Å². The van der Waals surface area contributed by atoms with Gasteiger partial charge in [-0.3, -0.25) is 0 Å². The Kier molecular flexibility index (Phi) is 4.77. The van der Waals surface area contributed by atoms with Gasteiger partial charge in [-0.25, -0.2) is 0 Å². The molecule has 0 radical (unpaired) electrons. The van der Waals surface area contributed by atoms with Crippen molar-refractivity contribution in [2.45, 2.75) is 26.7 Å². The van der Waals surface area contributed by atoms with Crippen LogP contribution >= 0.6 is 0 Å². The van der Waals surface area contributed by atoms with Crippen LogP contribution in [0.5, 0.6) is 0 Å². The van der Waals surface area contributed by atoms with Crippen LogP contribution < -0.4 is 5.32 Å². The van der Waals surface area contributed by atoms with Gasteiger partial charge >= 0.3 is 0 Å². The van der Waals surface area contributed by atoms with Gasteiger partial charge in [0.15, 0.2) is 0 Å². The maximum Gasteiger partial charge on any atom is -0.00175 e. The molecule has 0 fully saturated rings. The Labute approximate surface area is 110 Å². The van der Waals surface area contributed by atoms with E-state index in [4.69, 9.17) is 0 Å². The van der Waals surface area contributed by atoms with Crippen molar-refractivity contribution in [2.75, 3.05) is 13.1 Å². The van der Waals surface area contributed by atoms with Gasteiger partial charge in [0.1, 0.15) is 0 Å². The second-order valence-corrected chi connectivity index (χ2v) is 4.92. The molecule has 0 heterocycles. The number of hydrogen-bond acceptors (Lipinski definition) is 1. The quantitative estimate of drug-likeness (QED) is 0.805. The standard InChI is InChI=1S/C17H23N/c1-3-14(13-18-4-2)12-16-10-7-9-15-8-5-6-11-17(15)16/h5-11,14,18H,3-4,12-13H2,1-2H3. The lowest BCUT2D eigenvalue weighted by molar-refractivity contribution is 0.468. The van der Waals surface area contributed by atoms with E-state index in [1.165, 1.54) is 29.2 Å². The minimum Gasteiger partial charge on any atom is -0.317 e. The topological polar surface area (TPSA) is 12.0 Å². The largest absolute Gasteiger partial charge is 0.317 e. The lowest BCUT2D eigenvalue weighted by atomic mass is 9.93. The summed E-state index contributed by atoms with van der Waals surface area (Å²) in [6.07, 6.45) is 2.40. The number of hydrogen-bond donors (Lipinski definition) is 1. The summed E-state index contributed by atoms with van der Waals surface area (Å²) < 4.78 is 0. The molecule has 0 aliphatic rings. The van der Waals surface area contributed by atoms with Crippen LogP contribution in [-0.2, 0) is 6.42 Å². The SMILES string of the molecule is CCNCC(CC)Cc1cccc2ccccc12. The first kappa shape index (κ1) is 13.1. The molecule has 0 aromatic heterocycles. The summed E-state index contributed by atoms with van der Waals surface area (Å²) in [5, 5.41) is 6.23. The van der Waals surface area contributed by atoms with Gasteiger partial charge in [-0.2, -0.15) is 0 Å². The van der Waals surface area contributed by atoms with E-state index in [-0.39, 0.29) is 0 Å². The van der Waals surface area contributed by atoms with Gasteiger partial charge in [-0.05, 0) is 41.8 Å². The fraction of sp³-hybridized carbons (Fsp3) is 0.412. The van der Waals surface area contributed by atoms with E-state index in [9.17, 15) is 0 Å². The van der Waals surface area contributed by atoms with E-state index in [1.807, 2.05) is 0 Å². The molecular formula is C17H23N. The van der Waals surface area contributed by atoms with Crippen molar-refractivity contribution >= 4 is 10.8 Å². The summed E-state index contributed by atoms with van der Waals surface area (Å²) in [5.41, 5.74) is 1.48. The summed E-state index contributed by atoms with van der Waals surface area (Å²) in [6, 6.07) is 15.3. The molecule has 1 heteroatoms. The van der Waals surface area contributed by atoms with Gasteiger partial charge in [0, 0.05) is 0 Å². The highest BCUT2D eigenvalue weighted by Crippen LogP contribution is 2.22. The average molecular weight is 241 g/mol. The summed E-state index contributed by atoms with van der Waals surface area (Å²) in [5.74, 6) is 0.732. The smallest absolute Gasteiger partial charge is 0.00175 e. The Morgan fingerprint density at radius 1 is 1.00 bits per heavy atom. The number of fused-ring (bicyclic) bond motifs is 1. The van der Waals surface area contributed by atoms with Crippen molar-refractivity contribution in [3.05, 3.63) is 48.0 Å². The number of rotatable bonds is 6. The van der Waals surface area contributed by atoms with Gasteiger partial charge < -0.3 is 5.32 Å². The molecule has 2 aromatic rings. The Bertz CT molecular complexity index is 484. The molecule has 0 aliphatic heterocycles.